The molecule has 0 spiro atoms. The standard InChI is InChI=1S/C26H25F3N6O3S/c27-26(28,29)24-8-4-7-20(31-24)25(37)32-22-13-17-15-35(11-12-39(30,38)19-5-2-1-3-6-19)33-21(17)14-23(22)34-10-9-18(36)16-34/h1-8,13-15,18,30,36H,9-12,16H2,(H,32,37). The number of alkyl halides is 3. The van der Waals surface area contributed by atoms with E-state index in [1.54, 1.807) is 53.3 Å². The lowest BCUT2D eigenvalue weighted by atomic mass is 10.1. The number of hydrogen-bond acceptors (Lipinski definition) is 7. The number of fused-ring (bicyclic) bond motifs is 1. The smallest absolute Gasteiger partial charge is 0.391 e. The summed E-state index contributed by atoms with van der Waals surface area (Å²) < 4.78 is 62.1. The summed E-state index contributed by atoms with van der Waals surface area (Å²) in [4.78, 5) is 18.7. The maximum atomic E-state index is 13.1. The Hall–Kier alpha value is -3.97. The largest absolute Gasteiger partial charge is 0.433 e. The maximum absolute atomic E-state index is 13.1. The molecule has 3 heterocycles. The Bertz CT molecular complexity index is 1620. The monoisotopic (exact) mass is 558 g/mol. The Morgan fingerprint density at radius 2 is 1.92 bits per heavy atom. The van der Waals surface area contributed by atoms with Crippen molar-refractivity contribution in [3.8, 4) is 0 Å². The lowest BCUT2D eigenvalue weighted by molar-refractivity contribution is -0.141. The fraction of sp³-hybridized carbons (Fsp3) is 0.269. The Labute approximate surface area is 222 Å². The number of aryl methyl sites for hydroxylation is 1. The maximum Gasteiger partial charge on any atom is 0.433 e. The fourth-order valence-corrected chi connectivity index (χ4v) is 5.71. The van der Waals surface area contributed by atoms with Gasteiger partial charge in [-0.3, -0.25) is 9.48 Å². The summed E-state index contributed by atoms with van der Waals surface area (Å²) in [6.45, 7) is 1.03. The summed E-state index contributed by atoms with van der Waals surface area (Å²) in [7, 11) is -3.03. The van der Waals surface area contributed by atoms with E-state index in [1.165, 1.54) is 6.07 Å². The summed E-state index contributed by atoms with van der Waals surface area (Å²) >= 11 is 0. The van der Waals surface area contributed by atoms with Crippen LogP contribution in [0.5, 0.6) is 0 Å². The average molecular weight is 559 g/mol. The number of rotatable bonds is 7. The first kappa shape index (κ1) is 26.6. The Morgan fingerprint density at radius 3 is 2.62 bits per heavy atom. The Kier molecular flexibility index (Phi) is 7.03. The third kappa shape index (κ3) is 5.88. The van der Waals surface area contributed by atoms with Gasteiger partial charge in [0.05, 0.1) is 45.0 Å². The van der Waals surface area contributed by atoms with Crippen molar-refractivity contribution in [1.29, 1.82) is 4.78 Å². The number of benzene rings is 2. The molecule has 13 heteroatoms. The van der Waals surface area contributed by atoms with Gasteiger partial charge in [0.1, 0.15) is 11.4 Å². The van der Waals surface area contributed by atoms with Gasteiger partial charge in [0.2, 0.25) is 0 Å². The van der Waals surface area contributed by atoms with Crippen LogP contribution in [0.2, 0.25) is 0 Å². The third-order valence-corrected chi connectivity index (χ3v) is 8.22. The molecule has 2 aromatic heterocycles. The molecule has 2 aromatic carbocycles. The van der Waals surface area contributed by atoms with Crippen LogP contribution < -0.4 is 10.2 Å². The van der Waals surface area contributed by atoms with Gasteiger partial charge in [-0.2, -0.15) is 18.3 Å². The van der Waals surface area contributed by atoms with Crippen molar-refractivity contribution < 1.29 is 27.3 Å². The third-order valence-electron chi connectivity index (χ3n) is 6.43. The molecule has 2 atom stereocenters. The molecule has 1 aliphatic heterocycles. The van der Waals surface area contributed by atoms with Gasteiger partial charge in [0.25, 0.3) is 5.91 Å². The van der Waals surface area contributed by atoms with E-state index in [1.807, 2.05) is 4.90 Å². The van der Waals surface area contributed by atoms with Crippen molar-refractivity contribution in [2.45, 2.75) is 30.1 Å². The first-order valence-corrected chi connectivity index (χ1v) is 13.8. The number of aliphatic hydroxyl groups is 1. The summed E-state index contributed by atoms with van der Waals surface area (Å²) in [6, 6.07) is 15.0. The van der Waals surface area contributed by atoms with Crippen molar-refractivity contribution in [3.05, 3.63) is 78.2 Å². The molecule has 3 N–H and O–H groups in total. The van der Waals surface area contributed by atoms with Crippen molar-refractivity contribution >= 4 is 37.9 Å². The minimum absolute atomic E-state index is 0.0426. The lowest BCUT2D eigenvalue weighted by Gasteiger charge is -2.22. The van der Waals surface area contributed by atoms with Crippen molar-refractivity contribution in [1.82, 2.24) is 14.8 Å². The molecule has 0 aliphatic carbocycles. The molecule has 1 amide bonds. The zero-order chi connectivity index (χ0) is 27.8. The molecule has 1 fully saturated rings. The quantitative estimate of drug-likeness (QED) is 0.309. The van der Waals surface area contributed by atoms with E-state index in [0.717, 1.165) is 12.1 Å². The number of aliphatic hydroxyl groups excluding tert-OH is 1. The number of β-amino-alcohol motifs (C(OH)–C–C–N with tert-alkyl or cyclic N) is 1. The van der Waals surface area contributed by atoms with Gasteiger partial charge in [-0.15, -0.1) is 0 Å². The molecule has 5 rings (SSSR count). The normalized spacial score (nSPS) is 17.3. The molecule has 204 valence electrons. The molecular weight excluding hydrogens is 533 g/mol. The second kappa shape index (κ2) is 10.3. The first-order chi connectivity index (χ1) is 18.5. The van der Waals surface area contributed by atoms with Gasteiger partial charge in [-0.25, -0.2) is 14.0 Å². The molecular formula is C26H25F3N6O3S. The molecule has 0 saturated carbocycles. The number of carbonyl (C=O) groups is 1. The topological polar surface area (TPSA) is 124 Å². The van der Waals surface area contributed by atoms with Gasteiger partial charge in [-0.1, -0.05) is 24.3 Å². The van der Waals surface area contributed by atoms with Gasteiger partial charge in [0, 0.05) is 29.6 Å². The molecule has 2 unspecified atom stereocenters. The molecule has 1 aliphatic rings. The van der Waals surface area contributed by atoms with E-state index in [-0.39, 0.29) is 18.0 Å². The lowest BCUT2D eigenvalue weighted by Crippen LogP contribution is -2.24. The van der Waals surface area contributed by atoms with Crippen LogP contribution in [-0.4, -0.2) is 54.9 Å². The highest BCUT2D eigenvalue weighted by Crippen LogP contribution is 2.34. The van der Waals surface area contributed by atoms with E-state index < -0.39 is 33.6 Å². The summed E-state index contributed by atoms with van der Waals surface area (Å²) in [5, 5.41) is 17.9. The molecule has 0 bridgehead atoms. The van der Waals surface area contributed by atoms with E-state index in [0.29, 0.717) is 46.7 Å². The number of hydrogen-bond donors (Lipinski definition) is 3. The highest BCUT2D eigenvalue weighted by molar-refractivity contribution is 7.92. The van der Waals surface area contributed by atoms with Gasteiger partial charge in [0.15, 0.2) is 0 Å². The fourth-order valence-electron chi connectivity index (χ4n) is 4.43. The predicted octanol–water partition coefficient (Wildman–Crippen LogP) is 4.38. The van der Waals surface area contributed by atoms with E-state index in [9.17, 15) is 27.3 Å². The van der Waals surface area contributed by atoms with Crippen LogP contribution in [0.15, 0.2) is 71.8 Å². The Balaban J connectivity index is 1.44. The van der Waals surface area contributed by atoms with E-state index in [2.05, 4.69) is 15.4 Å². The Morgan fingerprint density at radius 1 is 1.15 bits per heavy atom. The zero-order valence-electron chi connectivity index (χ0n) is 20.6. The van der Waals surface area contributed by atoms with Crippen LogP contribution in [0.3, 0.4) is 0 Å². The number of nitrogens with zero attached hydrogens (tertiary/aromatic N) is 4. The number of anilines is 2. The second-order valence-corrected chi connectivity index (χ2v) is 11.5. The molecule has 39 heavy (non-hydrogen) atoms. The van der Waals surface area contributed by atoms with Crippen molar-refractivity contribution in [2.75, 3.05) is 29.1 Å². The van der Waals surface area contributed by atoms with Gasteiger partial charge in [-0.05, 0) is 42.8 Å². The highest BCUT2D eigenvalue weighted by atomic mass is 32.2. The number of aromatic nitrogens is 3. The van der Waals surface area contributed by atoms with Crippen LogP contribution in [0.1, 0.15) is 22.6 Å². The van der Waals surface area contributed by atoms with Crippen LogP contribution in [0, 0.1) is 4.78 Å². The summed E-state index contributed by atoms with van der Waals surface area (Å²) in [5.74, 6) is -0.772. The number of amides is 1. The molecule has 4 aromatic rings. The van der Waals surface area contributed by atoms with Crippen LogP contribution >= 0.6 is 0 Å². The summed E-state index contributed by atoms with van der Waals surface area (Å²) in [6.07, 6.45) is -3.04. The number of pyridine rings is 1. The van der Waals surface area contributed by atoms with E-state index in [4.69, 9.17) is 4.78 Å². The van der Waals surface area contributed by atoms with Crippen molar-refractivity contribution in [2.24, 2.45) is 0 Å². The van der Waals surface area contributed by atoms with Crippen LogP contribution in [0.4, 0.5) is 24.5 Å². The minimum Gasteiger partial charge on any atom is -0.391 e. The number of carbonyl (C=O) groups excluding carboxylic acids is 1. The number of halogens is 3. The summed E-state index contributed by atoms with van der Waals surface area (Å²) in [5.41, 5.74) is -0.111. The molecule has 9 nitrogen and oxygen atoms in total. The highest BCUT2D eigenvalue weighted by Gasteiger charge is 2.33. The predicted molar refractivity (Wildman–Crippen MR) is 140 cm³/mol. The SMILES string of the molecule is N=S(=O)(CCn1cc2cc(NC(=O)c3cccc(C(F)(F)F)n3)c(N3CCC(O)C3)cc2n1)c1ccccc1. The second-order valence-electron chi connectivity index (χ2n) is 9.26. The van der Waals surface area contributed by atoms with Crippen LogP contribution in [-0.2, 0) is 22.5 Å². The molecule has 1 saturated heterocycles. The van der Waals surface area contributed by atoms with Gasteiger partial charge >= 0.3 is 6.18 Å². The number of nitrogens with one attached hydrogen (secondary N) is 2. The average Bonchev–Trinajstić information content (AvgIpc) is 3.52. The van der Waals surface area contributed by atoms with Gasteiger partial charge < -0.3 is 15.3 Å². The first-order valence-electron chi connectivity index (χ1n) is 12.1. The van der Waals surface area contributed by atoms with E-state index >= 15 is 0 Å². The van der Waals surface area contributed by atoms with Crippen molar-refractivity contribution in [3.63, 3.8) is 0 Å². The zero-order valence-corrected chi connectivity index (χ0v) is 21.4. The van der Waals surface area contributed by atoms with Crippen LogP contribution in [0.25, 0.3) is 10.9 Å². The molecule has 0 radical (unpaired) electrons. The minimum atomic E-state index is -4.69.